The molecule has 2 fully saturated rings. The minimum absolute atomic E-state index is 0.171. The second-order valence-electron chi connectivity index (χ2n) is 7.29. The van der Waals surface area contributed by atoms with E-state index in [-0.39, 0.29) is 23.3 Å². The summed E-state index contributed by atoms with van der Waals surface area (Å²) in [5.41, 5.74) is 0.217. The molecular formula is C18H28N4O2. The Labute approximate surface area is 143 Å². The Bertz CT molecular complexity index is 616. The Morgan fingerprint density at radius 3 is 2.62 bits per heavy atom. The number of nitrogens with zero attached hydrogens (tertiary/aromatic N) is 4. The Morgan fingerprint density at radius 1 is 1.33 bits per heavy atom. The number of imidazole rings is 1. The molecule has 0 saturated carbocycles. The van der Waals surface area contributed by atoms with Gasteiger partial charge in [-0.05, 0) is 45.4 Å². The summed E-state index contributed by atoms with van der Waals surface area (Å²) in [7, 11) is 0. The number of aromatic nitrogens is 2. The summed E-state index contributed by atoms with van der Waals surface area (Å²) in [5.74, 6) is 1.32. The van der Waals surface area contributed by atoms with Crippen LogP contribution in [0.3, 0.4) is 0 Å². The molecule has 1 aromatic heterocycles. The number of carbonyl (C=O) groups excluding carboxylic acids is 2. The lowest BCUT2D eigenvalue weighted by Gasteiger charge is -2.47. The number of rotatable bonds is 3. The van der Waals surface area contributed by atoms with E-state index >= 15 is 0 Å². The highest BCUT2D eigenvalue weighted by Gasteiger charge is 2.41. The molecule has 1 spiro atoms. The van der Waals surface area contributed by atoms with Crippen LogP contribution in [0.1, 0.15) is 51.4 Å². The predicted molar refractivity (Wildman–Crippen MR) is 91.4 cm³/mol. The maximum Gasteiger partial charge on any atom is 0.245 e. The average molecular weight is 332 g/mol. The number of hydrogen-bond donors (Lipinski definition) is 0. The van der Waals surface area contributed by atoms with E-state index in [1.54, 1.807) is 6.20 Å². The van der Waals surface area contributed by atoms with Crippen molar-refractivity contribution in [1.29, 1.82) is 0 Å². The molecular weight excluding hydrogens is 304 g/mol. The SMILES string of the molecule is CCN1CC2(CCC1=O)CCN(C(=O)[C@@H](C)n1ccnc1C)CC2. The van der Waals surface area contributed by atoms with Crippen LogP contribution in [-0.4, -0.2) is 57.3 Å². The van der Waals surface area contributed by atoms with Crippen molar-refractivity contribution in [3.05, 3.63) is 18.2 Å². The molecule has 2 amide bonds. The smallest absolute Gasteiger partial charge is 0.245 e. The van der Waals surface area contributed by atoms with E-state index < -0.39 is 0 Å². The van der Waals surface area contributed by atoms with Gasteiger partial charge in [-0.15, -0.1) is 0 Å². The first kappa shape index (κ1) is 17.0. The van der Waals surface area contributed by atoms with Crippen LogP contribution in [0, 0.1) is 12.3 Å². The van der Waals surface area contributed by atoms with Crippen molar-refractivity contribution in [2.45, 2.75) is 52.5 Å². The van der Waals surface area contributed by atoms with Crippen molar-refractivity contribution in [3.63, 3.8) is 0 Å². The highest BCUT2D eigenvalue weighted by Crippen LogP contribution is 2.40. The minimum atomic E-state index is -0.207. The summed E-state index contributed by atoms with van der Waals surface area (Å²) in [6, 6.07) is -0.207. The van der Waals surface area contributed by atoms with Crippen molar-refractivity contribution in [2.75, 3.05) is 26.2 Å². The summed E-state index contributed by atoms with van der Waals surface area (Å²) in [6.45, 7) is 9.16. The Kier molecular flexibility index (Phi) is 4.65. The van der Waals surface area contributed by atoms with Gasteiger partial charge in [0, 0.05) is 45.0 Å². The summed E-state index contributed by atoms with van der Waals surface area (Å²) in [6.07, 6.45) is 7.24. The van der Waals surface area contributed by atoms with Crippen molar-refractivity contribution in [2.24, 2.45) is 5.41 Å². The van der Waals surface area contributed by atoms with Gasteiger partial charge < -0.3 is 14.4 Å². The van der Waals surface area contributed by atoms with Gasteiger partial charge in [0.05, 0.1) is 0 Å². The van der Waals surface area contributed by atoms with Gasteiger partial charge in [-0.1, -0.05) is 0 Å². The predicted octanol–water partition coefficient (Wildman–Crippen LogP) is 2.00. The fourth-order valence-electron chi connectivity index (χ4n) is 4.18. The zero-order valence-electron chi connectivity index (χ0n) is 15.0. The van der Waals surface area contributed by atoms with E-state index in [4.69, 9.17) is 0 Å². The van der Waals surface area contributed by atoms with Gasteiger partial charge in [-0.3, -0.25) is 9.59 Å². The van der Waals surface area contributed by atoms with Crippen LogP contribution in [0.15, 0.2) is 12.4 Å². The fraction of sp³-hybridized carbons (Fsp3) is 0.722. The lowest BCUT2D eigenvalue weighted by molar-refractivity contribution is -0.143. The van der Waals surface area contributed by atoms with E-state index in [0.717, 1.165) is 51.3 Å². The maximum absolute atomic E-state index is 12.8. The van der Waals surface area contributed by atoms with Gasteiger partial charge in [-0.2, -0.15) is 0 Å². The largest absolute Gasteiger partial charge is 0.342 e. The van der Waals surface area contributed by atoms with Crippen LogP contribution in [0.25, 0.3) is 0 Å². The zero-order chi connectivity index (χ0) is 17.3. The van der Waals surface area contributed by atoms with Crippen molar-refractivity contribution < 1.29 is 9.59 Å². The number of aryl methyl sites for hydroxylation is 1. The molecule has 24 heavy (non-hydrogen) atoms. The zero-order valence-corrected chi connectivity index (χ0v) is 15.0. The van der Waals surface area contributed by atoms with E-state index in [1.807, 2.05) is 41.3 Å². The van der Waals surface area contributed by atoms with Crippen LogP contribution in [0.4, 0.5) is 0 Å². The van der Waals surface area contributed by atoms with E-state index in [0.29, 0.717) is 6.42 Å². The first-order valence-corrected chi connectivity index (χ1v) is 9.02. The Morgan fingerprint density at radius 2 is 2.04 bits per heavy atom. The molecule has 6 heteroatoms. The number of likely N-dealkylation sites (tertiary alicyclic amines) is 2. The third-order valence-corrected chi connectivity index (χ3v) is 5.90. The summed E-state index contributed by atoms with van der Waals surface area (Å²) in [4.78, 5) is 32.9. The first-order chi connectivity index (χ1) is 11.5. The van der Waals surface area contributed by atoms with Crippen molar-refractivity contribution in [1.82, 2.24) is 19.4 Å². The Balaban J connectivity index is 1.62. The minimum Gasteiger partial charge on any atom is -0.342 e. The van der Waals surface area contributed by atoms with Crippen LogP contribution in [0.2, 0.25) is 0 Å². The second-order valence-corrected chi connectivity index (χ2v) is 7.29. The van der Waals surface area contributed by atoms with Crippen LogP contribution in [0.5, 0.6) is 0 Å². The summed E-state index contributed by atoms with van der Waals surface area (Å²) < 4.78 is 1.94. The van der Waals surface area contributed by atoms with E-state index in [1.165, 1.54) is 0 Å². The van der Waals surface area contributed by atoms with Gasteiger partial charge in [0.2, 0.25) is 11.8 Å². The third kappa shape index (κ3) is 3.06. The summed E-state index contributed by atoms with van der Waals surface area (Å²) >= 11 is 0. The molecule has 2 aliphatic rings. The quantitative estimate of drug-likeness (QED) is 0.851. The molecule has 0 unspecified atom stereocenters. The maximum atomic E-state index is 12.8. The number of carbonyl (C=O) groups is 2. The standard InChI is InChI=1S/C18H28N4O2/c1-4-20-13-18(6-5-16(20)23)7-10-21(11-8-18)17(24)14(2)22-12-9-19-15(22)3/h9,12,14H,4-8,10-11,13H2,1-3H3/t14-/m1/s1. The molecule has 132 valence electrons. The van der Waals surface area contributed by atoms with E-state index in [2.05, 4.69) is 4.98 Å². The van der Waals surface area contributed by atoms with Gasteiger partial charge in [0.25, 0.3) is 0 Å². The summed E-state index contributed by atoms with van der Waals surface area (Å²) in [5, 5.41) is 0. The van der Waals surface area contributed by atoms with Gasteiger partial charge in [0.1, 0.15) is 11.9 Å². The van der Waals surface area contributed by atoms with Crippen molar-refractivity contribution in [3.8, 4) is 0 Å². The van der Waals surface area contributed by atoms with Gasteiger partial charge in [-0.25, -0.2) is 4.98 Å². The molecule has 3 rings (SSSR count). The average Bonchev–Trinajstić information content (AvgIpc) is 3.02. The lowest BCUT2D eigenvalue weighted by Crippen LogP contribution is -2.52. The monoisotopic (exact) mass is 332 g/mol. The van der Waals surface area contributed by atoms with Crippen molar-refractivity contribution >= 4 is 11.8 Å². The molecule has 2 saturated heterocycles. The van der Waals surface area contributed by atoms with Crippen LogP contribution >= 0.6 is 0 Å². The normalized spacial score (nSPS) is 22.0. The molecule has 6 nitrogen and oxygen atoms in total. The molecule has 3 heterocycles. The first-order valence-electron chi connectivity index (χ1n) is 9.02. The van der Waals surface area contributed by atoms with Gasteiger partial charge in [0.15, 0.2) is 0 Å². The number of piperidine rings is 2. The molecule has 0 aliphatic carbocycles. The van der Waals surface area contributed by atoms with Crippen LogP contribution in [-0.2, 0) is 9.59 Å². The molecule has 2 aliphatic heterocycles. The highest BCUT2D eigenvalue weighted by molar-refractivity contribution is 5.80. The van der Waals surface area contributed by atoms with Crippen LogP contribution < -0.4 is 0 Å². The molecule has 0 radical (unpaired) electrons. The molecule has 1 atom stereocenters. The topological polar surface area (TPSA) is 58.4 Å². The third-order valence-electron chi connectivity index (χ3n) is 5.90. The number of hydrogen-bond acceptors (Lipinski definition) is 3. The fourth-order valence-corrected chi connectivity index (χ4v) is 4.18. The second kappa shape index (κ2) is 6.57. The number of amides is 2. The molecule has 0 bridgehead atoms. The lowest BCUT2D eigenvalue weighted by atomic mass is 9.72. The molecule has 0 N–H and O–H groups in total. The Hall–Kier alpha value is -1.85. The highest BCUT2D eigenvalue weighted by atomic mass is 16.2. The van der Waals surface area contributed by atoms with E-state index in [9.17, 15) is 9.59 Å². The molecule has 0 aromatic carbocycles. The van der Waals surface area contributed by atoms with Gasteiger partial charge >= 0.3 is 0 Å². The molecule has 1 aromatic rings.